The van der Waals surface area contributed by atoms with Crippen molar-refractivity contribution in [2.24, 2.45) is 0 Å². The number of nitrogens with one attached hydrogen (secondary N) is 1. The quantitative estimate of drug-likeness (QED) is 0.656. The lowest BCUT2D eigenvalue weighted by molar-refractivity contribution is -0.143. The molecule has 1 atom stereocenters. The third-order valence-corrected chi connectivity index (χ3v) is 2.22. The van der Waals surface area contributed by atoms with Gasteiger partial charge in [-0.2, -0.15) is 0 Å². The normalized spacial score (nSPS) is 23.2. The zero-order valence-electron chi connectivity index (χ0n) is 7.55. The van der Waals surface area contributed by atoms with Gasteiger partial charge in [0.2, 0.25) is 11.8 Å². The number of hydrogen-bond donors (Lipinski definition) is 1. The van der Waals surface area contributed by atoms with Gasteiger partial charge in [-0.05, 0) is 13.3 Å². The SMILES string of the molecule is C[C@@H]1NC(=O)CN(CCCCl)C1=O. The predicted molar refractivity (Wildman–Crippen MR) is 49.5 cm³/mol. The Balaban J connectivity index is 2.51. The Morgan fingerprint density at radius 3 is 2.92 bits per heavy atom. The highest BCUT2D eigenvalue weighted by Crippen LogP contribution is 2.03. The second kappa shape index (κ2) is 4.46. The second-order valence-electron chi connectivity index (χ2n) is 3.09. The Bertz CT molecular complexity index is 220. The van der Waals surface area contributed by atoms with Gasteiger partial charge in [0, 0.05) is 12.4 Å². The summed E-state index contributed by atoms with van der Waals surface area (Å²) in [7, 11) is 0. The molecule has 0 bridgehead atoms. The highest BCUT2D eigenvalue weighted by Gasteiger charge is 2.28. The van der Waals surface area contributed by atoms with Crippen molar-refractivity contribution in [3.8, 4) is 0 Å². The molecular formula is C8H13ClN2O2. The molecule has 4 nitrogen and oxygen atoms in total. The first-order valence-corrected chi connectivity index (χ1v) is 4.82. The molecule has 13 heavy (non-hydrogen) atoms. The van der Waals surface area contributed by atoms with Gasteiger partial charge in [-0.1, -0.05) is 0 Å². The van der Waals surface area contributed by atoms with Gasteiger partial charge in [0.15, 0.2) is 0 Å². The van der Waals surface area contributed by atoms with Crippen LogP contribution in [0.15, 0.2) is 0 Å². The van der Waals surface area contributed by atoms with E-state index in [2.05, 4.69) is 5.32 Å². The van der Waals surface area contributed by atoms with Crippen molar-refractivity contribution < 1.29 is 9.59 Å². The topological polar surface area (TPSA) is 49.4 Å². The van der Waals surface area contributed by atoms with Crippen LogP contribution in [0.4, 0.5) is 0 Å². The first-order chi connectivity index (χ1) is 6.15. The summed E-state index contributed by atoms with van der Waals surface area (Å²) in [4.78, 5) is 24.0. The molecule has 0 aromatic carbocycles. The Labute approximate surface area is 82.2 Å². The standard InChI is InChI=1S/C8H13ClN2O2/c1-6-8(13)11(4-2-3-9)5-7(12)10-6/h6H,2-5H2,1H3,(H,10,12)/t6-/m0/s1. The van der Waals surface area contributed by atoms with Gasteiger partial charge < -0.3 is 10.2 Å². The molecule has 0 saturated carbocycles. The Morgan fingerprint density at radius 2 is 2.31 bits per heavy atom. The van der Waals surface area contributed by atoms with E-state index in [4.69, 9.17) is 11.6 Å². The minimum absolute atomic E-state index is 0.0234. The molecule has 1 fully saturated rings. The monoisotopic (exact) mass is 204 g/mol. The van der Waals surface area contributed by atoms with Crippen LogP contribution in [0.3, 0.4) is 0 Å². The Kier molecular flexibility index (Phi) is 3.54. The lowest BCUT2D eigenvalue weighted by atomic mass is 10.2. The van der Waals surface area contributed by atoms with Crippen molar-refractivity contribution in [3.05, 3.63) is 0 Å². The van der Waals surface area contributed by atoms with Gasteiger partial charge >= 0.3 is 0 Å². The first kappa shape index (κ1) is 10.3. The summed E-state index contributed by atoms with van der Waals surface area (Å²) in [5.41, 5.74) is 0. The number of halogens is 1. The molecule has 0 aromatic heterocycles. The van der Waals surface area contributed by atoms with E-state index in [1.807, 2.05) is 0 Å². The molecule has 0 radical (unpaired) electrons. The molecule has 0 spiro atoms. The number of amides is 2. The maximum absolute atomic E-state index is 11.4. The van der Waals surface area contributed by atoms with Gasteiger partial charge in [0.1, 0.15) is 6.04 Å². The van der Waals surface area contributed by atoms with Crippen molar-refractivity contribution in [2.45, 2.75) is 19.4 Å². The number of carbonyl (C=O) groups excluding carboxylic acids is 2. The fourth-order valence-corrected chi connectivity index (χ4v) is 1.43. The van der Waals surface area contributed by atoms with Gasteiger partial charge in [-0.3, -0.25) is 9.59 Å². The maximum Gasteiger partial charge on any atom is 0.245 e. The Hall–Kier alpha value is -0.770. The fourth-order valence-electron chi connectivity index (χ4n) is 1.31. The number of rotatable bonds is 3. The van der Waals surface area contributed by atoms with Gasteiger partial charge in [-0.15, -0.1) is 11.6 Å². The van der Waals surface area contributed by atoms with Crippen LogP contribution in [-0.4, -0.2) is 41.7 Å². The van der Waals surface area contributed by atoms with Crippen LogP contribution >= 0.6 is 11.6 Å². The molecule has 74 valence electrons. The first-order valence-electron chi connectivity index (χ1n) is 4.29. The largest absolute Gasteiger partial charge is 0.343 e. The highest BCUT2D eigenvalue weighted by atomic mass is 35.5. The van der Waals surface area contributed by atoms with Gasteiger partial charge in [-0.25, -0.2) is 0 Å². The molecule has 0 aliphatic carbocycles. The Morgan fingerprint density at radius 1 is 1.62 bits per heavy atom. The molecule has 1 aliphatic heterocycles. The molecule has 1 aliphatic rings. The molecule has 1 heterocycles. The van der Waals surface area contributed by atoms with Crippen LogP contribution in [0.2, 0.25) is 0 Å². The summed E-state index contributed by atoms with van der Waals surface area (Å²) < 4.78 is 0. The molecule has 1 saturated heterocycles. The van der Waals surface area contributed by atoms with E-state index >= 15 is 0 Å². The third-order valence-electron chi connectivity index (χ3n) is 1.96. The molecule has 1 N–H and O–H groups in total. The summed E-state index contributed by atoms with van der Waals surface area (Å²) in [5.74, 6) is 0.395. The molecule has 1 rings (SSSR count). The highest BCUT2D eigenvalue weighted by molar-refractivity contribution is 6.17. The number of hydrogen-bond acceptors (Lipinski definition) is 2. The van der Waals surface area contributed by atoms with Gasteiger partial charge in [0.05, 0.1) is 6.54 Å². The lowest BCUT2D eigenvalue weighted by Crippen LogP contribution is -2.56. The molecular weight excluding hydrogens is 192 g/mol. The summed E-state index contributed by atoms with van der Waals surface area (Å²) >= 11 is 5.50. The summed E-state index contributed by atoms with van der Waals surface area (Å²) in [6.07, 6.45) is 0.729. The van der Waals surface area contributed by atoms with Crippen LogP contribution in [0.5, 0.6) is 0 Å². The molecule has 0 aromatic rings. The third kappa shape index (κ3) is 2.59. The summed E-state index contributed by atoms with van der Waals surface area (Å²) in [6.45, 7) is 2.42. The number of nitrogens with zero attached hydrogens (tertiary/aromatic N) is 1. The zero-order chi connectivity index (χ0) is 9.84. The van der Waals surface area contributed by atoms with Crippen molar-refractivity contribution in [1.82, 2.24) is 10.2 Å². The van der Waals surface area contributed by atoms with Crippen molar-refractivity contribution >= 4 is 23.4 Å². The number of alkyl halides is 1. The molecule has 5 heteroatoms. The zero-order valence-corrected chi connectivity index (χ0v) is 8.30. The van der Waals surface area contributed by atoms with E-state index in [0.717, 1.165) is 6.42 Å². The van der Waals surface area contributed by atoms with E-state index in [1.165, 1.54) is 0 Å². The summed E-state index contributed by atoms with van der Waals surface area (Å²) in [6, 6.07) is -0.392. The fraction of sp³-hybridized carbons (Fsp3) is 0.750. The van der Waals surface area contributed by atoms with E-state index in [9.17, 15) is 9.59 Å². The van der Waals surface area contributed by atoms with Crippen LogP contribution < -0.4 is 5.32 Å². The average molecular weight is 205 g/mol. The minimum Gasteiger partial charge on any atom is -0.343 e. The van der Waals surface area contributed by atoms with Crippen LogP contribution in [0.25, 0.3) is 0 Å². The smallest absolute Gasteiger partial charge is 0.245 e. The minimum atomic E-state index is -0.392. The van der Waals surface area contributed by atoms with Crippen LogP contribution in [0, 0.1) is 0 Å². The average Bonchev–Trinajstić information content (AvgIpc) is 2.09. The van der Waals surface area contributed by atoms with Crippen molar-refractivity contribution in [3.63, 3.8) is 0 Å². The number of piperazine rings is 1. The number of carbonyl (C=O) groups is 2. The molecule has 0 unspecified atom stereocenters. The lowest BCUT2D eigenvalue weighted by Gasteiger charge is -2.30. The van der Waals surface area contributed by atoms with Gasteiger partial charge in [0.25, 0.3) is 0 Å². The van der Waals surface area contributed by atoms with E-state index in [-0.39, 0.29) is 18.4 Å². The van der Waals surface area contributed by atoms with Crippen LogP contribution in [0.1, 0.15) is 13.3 Å². The van der Waals surface area contributed by atoms with E-state index in [0.29, 0.717) is 12.4 Å². The van der Waals surface area contributed by atoms with Crippen LogP contribution in [-0.2, 0) is 9.59 Å². The second-order valence-corrected chi connectivity index (χ2v) is 3.47. The van der Waals surface area contributed by atoms with E-state index < -0.39 is 6.04 Å². The van der Waals surface area contributed by atoms with Crippen molar-refractivity contribution in [2.75, 3.05) is 19.0 Å². The summed E-state index contributed by atoms with van der Waals surface area (Å²) in [5, 5.41) is 2.57. The predicted octanol–water partition coefficient (Wildman–Crippen LogP) is -0.0378. The molecule has 2 amide bonds. The van der Waals surface area contributed by atoms with E-state index in [1.54, 1.807) is 11.8 Å². The van der Waals surface area contributed by atoms with Crippen molar-refractivity contribution in [1.29, 1.82) is 0 Å². The maximum atomic E-state index is 11.4.